The summed E-state index contributed by atoms with van der Waals surface area (Å²) in [6.07, 6.45) is 6.91. The summed E-state index contributed by atoms with van der Waals surface area (Å²) in [6, 6.07) is 19.2. The van der Waals surface area contributed by atoms with E-state index < -0.39 is 0 Å². The van der Waals surface area contributed by atoms with Crippen LogP contribution in [0.15, 0.2) is 54.6 Å². The zero-order valence-electron chi connectivity index (χ0n) is 21.7. The number of allylic oxidation sites excluding steroid dienone is 1. The molecule has 0 heteroatoms. The van der Waals surface area contributed by atoms with E-state index in [1.807, 2.05) is 0 Å². The lowest BCUT2D eigenvalue weighted by atomic mass is 9.66. The first-order chi connectivity index (χ1) is 15.4. The third-order valence-corrected chi connectivity index (χ3v) is 7.90. The molecule has 0 saturated carbocycles. The summed E-state index contributed by atoms with van der Waals surface area (Å²) in [5.41, 5.74) is 14.8. The number of hydrogen-bond donors (Lipinski definition) is 0. The average Bonchev–Trinajstić information content (AvgIpc) is 2.99. The molecule has 5 rings (SSSR count). The van der Waals surface area contributed by atoms with Crippen LogP contribution in [0.25, 0.3) is 17.2 Å². The second kappa shape index (κ2) is 7.20. The van der Waals surface area contributed by atoms with E-state index in [4.69, 9.17) is 0 Å². The number of rotatable bonds is 2. The third-order valence-electron chi connectivity index (χ3n) is 7.90. The van der Waals surface area contributed by atoms with E-state index in [0.717, 1.165) is 12.8 Å². The average molecular weight is 435 g/mol. The van der Waals surface area contributed by atoms with Crippen LogP contribution >= 0.6 is 0 Å². The normalized spacial score (nSPS) is 18.9. The largest absolute Gasteiger partial charge is 0.0827 e. The molecule has 0 amide bonds. The third kappa shape index (κ3) is 3.50. The van der Waals surface area contributed by atoms with Crippen LogP contribution in [-0.2, 0) is 22.7 Å². The lowest BCUT2D eigenvalue weighted by Crippen LogP contribution is -2.31. The standard InChI is InChI=1S/C33H38/c1-21-11-13-27-28-14-12-22(2)26-10-9-15-33(30(26)28,29(27)16-21)20-23-17-24(31(3,4)5)19-25(18-23)32(6,7)8/h9-14,16-19H,15,20H2,1-8H3. The van der Waals surface area contributed by atoms with E-state index in [-0.39, 0.29) is 16.2 Å². The van der Waals surface area contributed by atoms with Gasteiger partial charge in [0, 0.05) is 5.41 Å². The predicted octanol–water partition coefficient (Wildman–Crippen LogP) is 8.82. The lowest BCUT2D eigenvalue weighted by molar-refractivity contribution is 0.519. The van der Waals surface area contributed by atoms with Gasteiger partial charge in [0.2, 0.25) is 0 Å². The Hall–Kier alpha value is -2.60. The van der Waals surface area contributed by atoms with E-state index in [2.05, 4.69) is 116 Å². The first-order valence-electron chi connectivity index (χ1n) is 12.5. The molecule has 0 saturated heterocycles. The smallest absolute Gasteiger partial charge is 0.0296 e. The van der Waals surface area contributed by atoms with Crippen molar-refractivity contribution in [2.75, 3.05) is 0 Å². The van der Waals surface area contributed by atoms with Crippen LogP contribution in [0, 0.1) is 13.8 Å². The summed E-state index contributed by atoms with van der Waals surface area (Å²) in [5, 5.41) is 0. The van der Waals surface area contributed by atoms with Gasteiger partial charge in [-0.25, -0.2) is 0 Å². The van der Waals surface area contributed by atoms with E-state index >= 15 is 0 Å². The van der Waals surface area contributed by atoms with Gasteiger partial charge in [-0.2, -0.15) is 0 Å². The Morgan fingerprint density at radius 1 is 0.758 bits per heavy atom. The van der Waals surface area contributed by atoms with Crippen LogP contribution < -0.4 is 0 Å². The van der Waals surface area contributed by atoms with E-state index in [0.29, 0.717) is 0 Å². The van der Waals surface area contributed by atoms with Crippen molar-refractivity contribution in [3.63, 3.8) is 0 Å². The number of hydrogen-bond acceptors (Lipinski definition) is 0. The topological polar surface area (TPSA) is 0 Å². The second-order valence-corrected chi connectivity index (χ2v) is 12.6. The van der Waals surface area contributed by atoms with E-state index in [1.54, 1.807) is 5.56 Å². The van der Waals surface area contributed by atoms with Crippen molar-refractivity contribution in [3.8, 4) is 11.1 Å². The molecule has 0 spiro atoms. The van der Waals surface area contributed by atoms with Gasteiger partial charge in [-0.15, -0.1) is 0 Å². The molecule has 33 heavy (non-hydrogen) atoms. The number of aryl methyl sites for hydroxylation is 2. The number of benzene rings is 3. The molecule has 0 N–H and O–H groups in total. The van der Waals surface area contributed by atoms with Crippen LogP contribution in [-0.4, -0.2) is 0 Å². The SMILES string of the molecule is Cc1ccc2c(c1)C1(Cc3cc(C(C)(C)C)cc(C(C)(C)C)c3)CC=Cc3c(C)ccc-2c31. The molecule has 1 unspecified atom stereocenters. The minimum atomic E-state index is 0.0124. The van der Waals surface area contributed by atoms with Gasteiger partial charge in [0.1, 0.15) is 0 Å². The summed E-state index contributed by atoms with van der Waals surface area (Å²) in [5.74, 6) is 0. The van der Waals surface area contributed by atoms with Crippen molar-refractivity contribution in [2.45, 2.75) is 84.5 Å². The first kappa shape index (κ1) is 22.2. The Labute approximate surface area is 200 Å². The van der Waals surface area contributed by atoms with Crippen molar-refractivity contribution in [1.82, 2.24) is 0 Å². The zero-order valence-corrected chi connectivity index (χ0v) is 21.7. The molecule has 1 atom stereocenters. The van der Waals surface area contributed by atoms with Crippen LogP contribution in [0.2, 0.25) is 0 Å². The molecule has 0 aliphatic heterocycles. The zero-order chi connectivity index (χ0) is 23.8. The fourth-order valence-corrected chi connectivity index (χ4v) is 5.96. The Bertz CT molecular complexity index is 1250. The predicted molar refractivity (Wildman–Crippen MR) is 143 cm³/mol. The second-order valence-electron chi connectivity index (χ2n) is 12.6. The lowest BCUT2D eigenvalue weighted by Gasteiger charge is -2.36. The summed E-state index contributed by atoms with van der Waals surface area (Å²) >= 11 is 0. The van der Waals surface area contributed by atoms with Gasteiger partial charge in [-0.1, -0.05) is 108 Å². The van der Waals surface area contributed by atoms with Gasteiger partial charge in [-0.3, -0.25) is 0 Å². The fourth-order valence-electron chi connectivity index (χ4n) is 5.96. The highest BCUT2D eigenvalue weighted by Crippen LogP contribution is 2.56. The highest BCUT2D eigenvalue weighted by atomic mass is 14.5. The highest BCUT2D eigenvalue weighted by molar-refractivity contribution is 5.87. The van der Waals surface area contributed by atoms with Gasteiger partial charge >= 0.3 is 0 Å². The van der Waals surface area contributed by atoms with Crippen LogP contribution in [0.1, 0.15) is 92.5 Å². The molecule has 0 radical (unpaired) electrons. The van der Waals surface area contributed by atoms with Gasteiger partial charge in [-0.05, 0) is 87.6 Å². The molecule has 3 aromatic rings. The molecular weight excluding hydrogens is 396 g/mol. The Morgan fingerprint density at radius 3 is 2.03 bits per heavy atom. The summed E-state index contributed by atoms with van der Waals surface area (Å²) in [6.45, 7) is 18.5. The maximum absolute atomic E-state index is 2.49. The minimum absolute atomic E-state index is 0.0124. The molecule has 0 bridgehead atoms. The maximum atomic E-state index is 2.49. The molecular formula is C33H38. The molecule has 170 valence electrons. The molecule has 2 aliphatic rings. The van der Waals surface area contributed by atoms with E-state index in [1.165, 1.54) is 50.1 Å². The van der Waals surface area contributed by atoms with Gasteiger partial charge in [0.25, 0.3) is 0 Å². The summed E-state index contributed by atoms with van der Waals surface area (Å²) in [4.78, 5) is 0. The van der Waals surface area contributed by atoms with Crippen molar-refractivity contribution >= 4 is 6.08 Å². The quantitative estimate of drug-likeness (QED) is 0.378. The van der Waals surface area contributed by atoms with Crippen molar-refractivity contribution < 1.29 is 0 Å². The molecule has 0 nitrogen and oxygen atoms in total. The van der Waals surface area contributed by atoms with Gasteiger partial charge in [0.05, 0.1) is 0 Å². The first-order valence-corrected chi connectivity index (χ1v) is 12.5. The molecule has 0 fully saturated rings. The number of fused-ring (bicyclic) bond motifs is 3. The molecule has 0 heterocycles. The maximum Gasteiger partial charge on any atom is 0.0296 e. The Balaban J connectivity index is 1.76. The van der Waals surface area contributed by atoms with Crippen molar-refractivity contribution in [1.29, 1.82) is 0 Å². The highest BCUT2D eigenvalue weighted by Gasteiger charge is 2.45. The van der Waals surface area contributed by atoms with Crippen molar-refractivity contribution in [2.24, 2.45) is 0 Å². The van der Waals surface area contributed by atoms with Gasteiger partial charge in [0.15, 0.2) is 0 Å². The Morgan fingerprint density at radius 2 is 1.39 bits per heavy atom. The van der Waals surface area contributed by atoms with Crippen molar-refractivity contribution in [3.05, 3.63) is 99.1 Å². The minimum Gasteiger partial charge on any atom is -0.0827 e. The van der Waals surface area contributed by atoms with E-state index in [9.17, 15) is 0 Å². The van der Waals surface area contributed by atoms with Gasteiger partial charge < -0.3 is 0 Å². The fraction of sp³-hybridized carbons (Fsp3) is 0.394. The van der Waals surface area contributed by atoms with Crippen LogP contribution in [0.3, 0.4) is 0 Å². The Kier molecular flexibility index (Phi) is 4.84. The summed E-state index contributed by atoms with van der Waals surface area (Å²) in [7, 11) is 0. The summed E-state index contributed by atoms with van der Waals surface area (Å²) < 4.78 is 0. The monoisotopic (exact) mass is 434 g/mol. The molecule has 0 aromatic heterocycles. The molecule has 2 aliphatic carbocycles. The molecule has 3 aromatic carbocycles. The van der Waals surface area contributed by atoms with Crippen LogP contribution in [0.5, 0.6) is 0 Å². The van der Waals surface area contributed by atoms with Crippen LogP contribution in [0.4, 0.5) is 0 Å².